The van der Waals surface area contributed by atoms with Crippen molar-refractivity contribution >= 4 is 5.97 Å². The average molecular weight is 382 g/mol. The minimum Gasteiger partial charge on any atom is -0.508 e. The Morgan fingerprint density at radius 2 is 1.71 bits per heavy atom. The lowest BCUT2D eigenvalue weighted by molar-refractivity contribution is 0.0527. The molecule has 0 aliphatic carbocycles. The molecule has 3 rings (SSSR count). The first-order valence-corrected chi connectivity index (χ1v) is 8.82. The van der Waals surface area contributed by atoms with E-state index >= 15 is 0 Å². The molecule has 0 aliphatic rings. The highest BCUT2D eigenvalue weighted by molar-refractivity contribution is 5.98. The van der Waals surface area contributed by atoms with Gasteiger partial charge in [0.25, 0.3) is 0 Å². The Morgan fingerprint density at radius 1 is 1.00 bits per heavy atom. The Bertz CT molecular complexity index is 923. The molecule has 0 saturated carbocycles. The predicted octanol–water partition coefficient (Wildman–Crippen LogP) is 5.38. The van der Waals surface area contributed by atoms with Crippen LogP contribution in [0.3, 0.4) is 0 Å². The van der Waals surface area contributed by atoms with Crippen molar-refractivity contribution < 1.29 is 23.8 Å². The summed E-state index contributed by atoms with van der Waals surface area (Å²) in [5.74, 6) is -0.739. The van der Waals surface area contributed by atoms with Crippen molar-refractivity contribution in [2.45, 2.75) is 13.8 Å². The van der Waals surface area contributed by atoms with Gasteiger partial charge in [0.15, 0.2) is 0 Å². The lowest BCUT2D eigenvalue weighted by Gasteiger charge is -2.11. The summed E-state index contributed by atoms with van der Waals surface area (Å²) in [4.78, 5) is 12.0. The van der Waals surface area contributed by atoms with E-state index in [0.717, 1.165) is 0 Å². The zero-order valence-corrected chi connectivity index (χ0v) is 16.1. The van der Waals surface area contributed by atoms with Gasteiger partial charge in [-0.25, -0.2) is 9.18 Å². The summed E-state index contributed by atoms with van der Waals surface area (Å²) in [5, 5.41) is 9.55. The second-order valence-electron chi connectivity index (χ2n) is 5.95. The fraction of sp³-hybridized carbons (Fsp3) is 0.174. The van der Waals surface area contributed by atoms with Crippen LogP contribution >= 0.6 is 0 Å². The van der Waals surface area contributed by atoms with Crippen LogP contribution < -0.4 is 4.74 Å². The highest BCUT2D eigenvalue weighted by Gasteiger charge is 2.18. The Kier molecular flexibility index (Phi) is 7.57. The molecule has 146 valence electrons. The number of rotatable bonds is 4. The average Bonchev–Trinajstić information content (AvgIpc) is 2.70. The molecule has 0 unspecified atom stereocenters. The van der Waals surface area contributed by atoms with Gasteiger partial charge in [-0.1, -0.05) is 35.9 Å². The molecule has 0 aromatic heterocycles. The summed E-state index contributed by atoms with van der Waals surface area (Å²) in [6.45, 7) is 3.95. The predicted molar refractivity (Wildman–Crippen MR) is 107 cm³/mol. The van der Waals surface area contributed by atoms with Crippen LogP contribution in [0, 0.1) is 12.7 Å². The Hall–Kier alpha value is -3.34. The number of hydrogen-bond donors (Lipinski definition) is 1. The molecule has 0 radical (unpaired) electrons. The Morgan fingerprint density at radius 3 is 2.29 bits per heavy atom. The molecule has 0 heterocycles. The molecule has 3 aromatic rings. The third-order valence-electron chi connectivity index (χ3n) is 3.90. The van der Waals surface area contributed by atoms with E-state index in [-0.39, 0.29) is 23.5 Å². The van der Waals surface area contributed by atoms with E-state index in [2.05, 4.69) is 19.1 Å². The standard InChI is InChI=1S/C16H15FO4.C7H8/c1-3-21-16(19)14-8-10(18)4-6-12(14)13-9-11(20-2)5-7-15(13)17;1-7-5-3-2-4-6-7/h4-9,18H,3H2,1-2H3;2-6H,1H3. The molecule has 4 nitrogen and oxygen atoms in total. The zero-order valence-electron chi connectivity index (χ0n) is 16.1. The van der Waals surface area contributed by atoms with Crippen molar-refractivity contribution in [1.29, 1.82) is 0 Å². The number of phenolic OH excluding ortho intramolecular Hbond substituents is 1. The Balaban J connectivity index is 0.000000336. The number of ether oxygens (including phenoxy) is 2. The molecule has 0 spiro atoms. The van der Waals surface area contributed by atoms with Gasteiger partial charge in [-0.3, -0.25) is 0 Å². The van der Waals surface area contributed by atoms with Crippen LogP contribution in [0.15, 0.2) is 66.7 Å². The van der Waals surface area contributed by atoms with Crippen molar-refractivity contribution in [1.82, 2.24) is 0 Å². The number of aromatic hydroxyl groups is 1. The van der Waals surface area contributed by atoms with Gasteiger partial charge in [0.2, 0.25) is 0 Å². The summed E-state index contributed by atoms with van der Waals surface area (Å²) in [6.07, 6.45) is 0. The summed E-state index contributed by atoms with van der Waals surface area (Å²) in [5.41, 5.74) is 1.96. The molecule has 0 saturated heterocycles. The van der Waals surface area contributed by atoms with E-state index < -0.39 is 11.8 Å². The first-order valence-electron chi connectivity index (χ1n) is 8.82. The topological polar surface area (TPSA) is 55.8 Å². The SMILES string of the molecule is CCOC(=O)c1cc(O)ccc1-c1cc(OC)ccc1F.Cc1ccccc1. The summed E-state index contributed by atoms with van der Waals surface area (Å²) in [6, 6.07) is 18.6. The number of esters is 1. The molecule has 5 heteroatoms. The molecule has 3 aromatic carbocycles. The highest BCUT2D eigenvalue weighted by Crippen LogP contribution is 2.32. The van der Waals surface area contributed by atoms with Gasteiger partial charge in [-0.15, -0.1) is 0 Å². The Labute approximate surface area is 164 Å². The van der Waals surface area contributed by atoms with Crippen LogP contribution in [0.25, 0.3) is 11.1 Å². The van der Waals surface area contributed by atoms with Crippen molar-refractivity contribution in [3.8, 4) is 22.6 Å². The highest BCUT2D eigenvalue weighted by atomic mass is 19.1. The summed E-state index contributed by atoms with van der Waals surface area (Å²) >= 11 is 0. The van der Waals surface area contributed by atoms with Gasteiger partial charge in [-0.05, 0) is 55.8 Å². The molecule has 0 fully saturated rings. The van der Waals surface area contributed by atoms with Crippen molar-refractivity contribution in [2.24, 2.45) is 0 Å². The van der Waals surface area contributed by atoms with E-state index in [4.69, 9.17) is 9.47 Å². The van der Waals surface area contributed by atoms with Crippen molar-refractivity contribution in [2.75, 3.05) is 13.7 Å². The van der Waals surface area contributed by atoms with Crippen molar-refractivity contribution in [3.63, 3.8) is 0 Å². The molecule has 0 amide bonds. The molecule has 0 bridgehead atoms. The summed E-state index contributed by atoms with van der Waals surface area (Å²) in [7, 11) is 1.47. The zero-order chi connectivity index (χ0) is 20.5. The second kappa shape index (κ2) is 10.1. The van der Waals surface area contributed by atoms with Gasteiger partial charge >= 0.3 is 5.97 Å². The molecule has 1 N–H and O–H groups in total. The number of hydrogen-bond acceptors (Lipinski definition) is 4. The van der Waals surface area contributed by atoms with Gasteiger partial charge in [-0.2, -0.15) is 0 Å². The van der Waals surface area contributed by atoms with Gasteiger partial charge in [0.05, 0.1) is 19.3 Å². The number of halogens is 1. The minimum absolute atomic E-state index is 0.0925. The fourth-order valence-corrected chi connectivity index (χ4v) is 2.52. The lowest BCUT2D eigenvalue weighted by atomic mass is 9.98. The van der Waals surface area contributed by atoms with Crippen LogP contribution in [0.2, 0.25) is 0 Å². The van der Waals surface area contributed by atoms with Crippen LogP contribution in [0.5, 0.6) is 11.5 Å². The number of phenols is 1. The largest absolute Gasteiger partial charge is 0.508 e. The first-order chi connectivity index (χ1) is 13.5. The smallest absolute Gasteiger partial charge is 0.338 e. The van der Waals surface area contributed by atoms with E-state index in [1.165, 1.54) is 49.1 Å². The van der Waals surface area contributed by atoms with Crippen molar-refractivity contribution in [3.05, 3.63) is 83.7 Å². The van der Waals surface area contributed by atoms with Crippen LogP contribution in [0.4, 0.5) is 4.39 Å². The monoisotopic (exact) mass is 382 g/mol. The quantitative estimate of drug-likeness (QED) is 0.616. The third-order valence-corrected chi connectivity index (χ3v) is 3.90. The van der Waals surface area contributed by atoms with Crippen LogP contribution in [0.1, 0.15) is 22.8 Å². The minimum atomic E-state index is -0.620. The number of benzene rings is 3. The fourth-order valence-electron chi connectivity index (χ4n) is 2.52. The molecule has 0 atom stereocenters. The van der Waals surface area contributed by atoms with E-state index in [0.29, 0.717) is 11.3 Å². The maximum Gasteiger partial charge on any atom is 0.338 e. The third kappa shape index (κ3) is 5.58. The second-order valence-corrected chi connectivity index (χ2v) is 5.95. The molecular weight excluding hydrogens is 359 g/mol. The van der Waals surface area contributed by atoms with Crippen LogP contribution in [-0.4, -0.2) is 24.8 Å². The van der Waals surface area contributed by atoms with E-state index in [1.807, 2.05) is 18.2 Å². The van der Waals surface area contributed by atoms with E-state index in [9.17, 15) is 14.3 Å². The first kappa shape index (κ1) is 21.0. The number of carbonyl (C=O) groups excluding carboxylic acids is 1. The molecular formula is C23H23FO4. The maximum absolute atomic E-state index is 14.1. The summed E-state index contributed by atoms with van der Waals surface area (Å²) < 4.78 is 24.1. The molecule has 28 heavy (non-hydrogen) atoms. The number of carbonyl (C=O) groups is 1. The van der Waals surface area contributed by atoms with Gasteiger partial charge in [0.1, 0.15) is 17.3 Å². The normalized spacial score (nSPS) is 9.86. The maximum atomic E-state index is 14.1. The van der Waals surface area contributed by atoms with Crippen LogP contribution in [-0.2, 0) is 4.74 Å². The number of aryl methyl sites for hydroxylation is 1. The van der Waals surface area contributed by atoms with Gasteiger partial charge < -0.3 is 14.6 Å². The van der Waals surface area contributed by atoms with Gasteiger partial charge in [0, 0.05) is 5.56 Å². The molecule has 0 aliphatic heterocycles. The lowest BCUT2D eigenvalue weighted by Crippen LogP contribution is -2.07. The number of methoxy groups -OCH3 is 1. The van der Waals surface area contributed by atoms with E-state index in [1.54, 1.807) is 6.92 Å².